The van der Waals surface area contributed by atoms with Crippen molar-refractivity contribution in [3.05, 3.63) is 53.1 Å². The van der Waals surface area contributed by atoms with Gasteiger partial charge in [-0.1, -0.05) is 118 Å². The van der Waals surface area contributed by atoms with Crippen LogP contribution in [0.5, 0.6) is 0 Å². The number of benzene rings is 2. The van der Waals surface area contributed by atoms with Crippen LogP contribution < -0.4 is 0 Å². The van der Waals surface area contributed by atoms with Crippen molar-refractivity contribution in [3.8, 4) is 22.6 Å². The zero-order valence-electron chi connectivity index (χ0n) is 27.6. The molecule has 0 unspecified atom stereocenters. The van der Waals surface area contributed by atoms with Gasteiger partial charge in [0.15, 0.2) is 0 Å². The summed E-state index contributed by atoms with van der Waals surface area (Å²) in [7, 11) is -1.90. The Kier molecular flexibility index (Phi) is 10.2. The molecule has 1 heterocycles. The minimum atomic E-state index is -1.90. The van der Waals surface area contributed by atoms with Crippen molar-refractivity contribution in [2.45, 2.75) is 130 Å². The van der Waals surface area contributed by atoms with E-state index >= 15 is 0 Å². The van der Waals surface area contributed by atoms with E-state index in [9.17, 15) is 0 Å². The molecule has 40 heavy (non-hydrogen) atoms. The second-order valence-electron chi connectivity index (χ2n) is 14.9. The van der Waals surface area contributed by atoms with Crippen LogP contribution in [0, 0.1) is 11.5 Å². The lowest BCUT2D eigenvalue weighted by atomic mass is 9.79. The van der Waals surface area contributed by atoms with E-state index in [2.05, 4.69) is 141 Å². The topological polar surface area (TPSA) is 28.0 Å². The van der Waals surface area contributed by atoms with Gasteiger partial charge in [-0.15, -0.1) is 10.7 Å². The molecule has 0 amide bonds. The Morgan fingerprint density at radius 1 is 0.700 bits per heavy atom. The maximum atomic E-state index is 4.78. The molecule has 3 nitrogen and oxygen atoms in total. The Bertz CT molecular complexity index is 1190. The maximum absolute atomic E-state index is 4.78. The van der Waals surface area contributed by atoms with E-state index in [4.69, 9.17) is 5.11 Å². The van der Waals surface area contributed by atoms with Gasteiger partial charge in [0.2, 0.25) is 0 Å². The summed E-state index contributed by atoms with van der Waals surface area (Å²) in [5.41, 5.74) is 12.9. The average Bonchev–Trinajstić information content (AvgIpc) is 2.87. The van der Waals surface area contributed by atoms with Crippen molar-refractivity contribution in [1.29, 1.82) is 0 Å². The molecule has 218 valence electrons. The first-order chi connectivity index (χ1) is 18.6. The highest BCUT2D eigenvalue weighted by Gasteiger charge is 2.41. The summed E-state index contributed by atoms with van der Waals surface area (Å²) in [4.78, 5) is 0. The molecule has 1 saturated heterocycles. The van der Waals surface area contributed by atoms with Crippen molar-refractivity contribution in [3.63, 3.8) is 0 Å². The first-order valence-electron chi connectivity index (χ1n) is 15.6. The molecule has 0 spiro atoms. The second kappa shape index (κ2) is 12.6. The summed E-state index contributed by atoms with van der Waals surface area (Å²) in [5, 5.41) is 11.6. The van der Waals surface area contributed by atoms with Crippen LogP contribution in [-0.2, 0) is 10.8 Å². The molecule has 1 aliphatic heterocycles. The fraction of sp³-hybridized carbons (Fsp3) is 0.611. The summed E-state index contributed by atoms with van der Waals surface area (Å²) in [6.45, 7) is 30.0. The van der Waals surface area contributed by atoms with Crippen LogP contribution in [0.25, 0.3) is 11.1 Å². The molecular formula is C36H55N3Si. The molecule has 2 aromatic rings. The van der Waals surface area contributed by atoms with Gasteiger partial charge in [0.1, 0.15) is 13.8 Å². The predicted molar refractivity (Wildman–Crippen MR) is 177 cm³/mol. The van der Waals surface area contributed by atoms with Crippen molar-refractivity contribution in [2.24, 2.45) is 10.3 Å². The molecule has 0 bridgehead atoms. The molecule has 0 aromatic heterocycles. The quantitative estimate of drug-likeness (QED) is 0.197. The molecule has 0 aliphatic carbocycles. The normalized spacial score (nSPS) is 15.3. The predicted octanol–water partition coefficient (Wildman–Crippen LogP) is 11.0. The summed E-state index contributed by atoms with van der Waals surface area (Å²) < 4.78 is 0. The van der Waals surface area contributed by atoms with Crippen molar-refractivity contribution in [2.75, 3.05) is 13.1 Å². The molecule has 0 N–H and O–H groups in total. The summed E-state index contributed by atoms with van der Waals surface area (Å²) in [5.74, 6) is 3.73. The van der Waals surface area contributed by atoms with Crippen LogP contribution in [0.15, 0.2) is 46.7 Å². The smallest absolute Gasteiger partial charge is 0.146 e. The molecule has 1 fully saturated rings. The molecule has 0 saturated carbocycles. The minimum absolute atomic E-state index is 0.0677. The third-order valence-electron chi connectivity index (χ3n) is 8.89. The van der Waals surface area contributed by atoms with Crippen LogP contribution in [0.4, 0.5) is 5.69 Å². The Labute approximate surface area is 247 Å². The average molecular weight is 558 g/mol. The maximum Gasteiger partial charge on any atom is 0.146 e. The van der Waals surface area contributed by atoms with Gasteiger partial charge in [0, 0.05) is 13.1 Å². The van der Waals surface area contributed by atoms with E-state index in [0.717, 1.165) is 24.3 Å². The first kappa shape index (κ1) is 32.1. The number of nitrogens with zero attached hydrogens (tertiary/aromatic N) is 3. The lowest BCUT2D eigenvalue weighted by Gasteiger charge is -2.38. The van der Waals surface area contributed by atoms with E-state index in [-0.39, 0.29) is 10.8 Å². The van der Waals surface area contributed by atoms with Crippen molar-refractivity contribution >= 4 is 13.8 Å². The van der Waals surface area contributed by atoms with Crippen LogP contribution in [0.3, 0.4) is 0 Å². The standard InChI is InChI=1S/C36H55N3Si/c1-26(2)40(27(3)4,28(5)6)21-18-30-22-29(16-17-34(30)37-38-39-19-14-13-15-20-39)31-23-32(35(7,8)9)25-33(24-31)36(10,11)12/h16-17,22-28H,13-15,19-20H2,1-12H3. The van der Waals surface area contributed by atoms with Crippen molar-refractivity contribution in [1.82, 2.24) is 5.01 Å². The van der Waals surface area contributed by atoms with Gasteiger partial charge in [-0.25, -0.2) is 0 Å². The monoisotopic (exact) mass is 557 g/mol. The Morgan fingerprint density at radius 2 is 1.23 bits per heavy atom. The van der Waals surface area contributed by atoms with E-state index in [0.29, 0.717) is 16.6 Å². The summed E-state index contributed by atoms with van der Waals surface area (Å²) in [6.07, 6.45) is 3.67. The summed E-state index contributed by atoms with van der Waals surface area (Å²) >= 11 is 0. The summed E-state index contributed by atoms with van der Waals surface area (Å²) in [6, 6.07) is 13.7. The number of piperidine rings is 1. The first-order valence-corrected chi connectivity index (χ1v) is 17.8. The van der Waals surface area contributed by atoms with Gasteiger partial charge in [-0.2, -0.15) is 0 Å². The Hall–Kier alpha value is -2.38. The third kappa shape index (κ3) is 7.46. The van der Waals surface area contributed by atoms with Crippen LogP contribution in [0.2, 0.25) is 16.6 Å². The molecule has 0 radical (unpaired) electrons. The highest BCUT2D eigenvalue weighted by molar-refractivity contribution is 6.90. The number of hydrogen-bond donors (Lipinski definition) is 0. The van der Waals surface area contributed by atoms with Crippen LogP contribution in [-0.4, -0.2) is 26.2 Å². The Balaban J connectivity index is 2.22. The highest BCUT2D eigenvalue weighted by Crippen LogP contribution is 2.41. The number of rotatable bonds is 6. The molecule has 3 rings (SSSR count). The van der Waals surface area contributed by atoms with E-state index < -0.39 is 8.07 Å². The van der Waals surface area contributed by atoms with E-state index in [1.807, 2.05) is 0 Å². The fourth-order valence-electron chi connectivity index (χ4n) is 6.25. The number of hydrogen-bond acceptors (Lipinski definition) is 2. The lowest BCUT2D eigenvalue weighted by molar-refractivity contribution is 0.224. The van der Waals surface area contributed by atoms with Gasteiger partial charge in [0.25, 0.3) is 0 Å². The van der Waals surface area contributed by atoms with Gasteiger partial charge in [-0.3, -0.25) is 5.01 Å². The second-order valence-corrected chi connectivity index (χ2v) is 20.5. The molecule has 0 atom stereocenters. The SMILES string of the molecule is CC(C)[Si](C#Cc1cc(-c2cc(C(C)(C)C)cc(C(C)(C)C)c2)ccc1N=NN1CCCCC1)(C(C)C)C(C)C. The molecule has 1 aliphatic rings. The highest BCUT2D eigenvalue weighted by atomic mass is 28.3. The van der Waals surface area contributed by atoms with Gasteiger partial charge in [-0.05, 0) is 81.1 Å². The molecule has 2 aromatic carbocycles. The Morgan fingerprint density at radius 3 is 1.70 bits per heavy atom. The van der Waals surface area contributed by atoms with E-state index in [1.165, 1.54) is 41.5 Å². The van der Waals surface area contributed by atoms with Crippen molar-refractivity contribution < 1.29 is 0 Å². The van der Waals surface area contributed by atoms with Crippen LogP contribution >= 0.6 is 0 Å². The molecular weight excluding hydrogens is 503 g/mol. The zero-order chi connectivity index (χ0) is 29.9. The third-order valence-corrected chi connectivity index (χ3v) is 15.2. The lowest BCUT2D eigenvalue weighted by Crippen LogP contribution is -2.43. The van der Waals surface area contributed by atoms with Gasteiger partial charge >= 0.3 is 0 Å². The van der Waals surface area contributed by atoms with E-state index in [1.54, 1.807) is 0 Å². The largest absolute Gasteiger partial charge is 0.278 e. The zero-order valence-corrected chi connectivity index (χ0v) is 28.6. The molecule has 4 heteroatoms. The van der Waals surface area contributed by atoms with Gasteiger partial charge in [0.05, 0.1) is 5.56 Å². The fourth-order valence-corrected chi connectivity index (χ4v) is 11.5. The van der Waals surface area contributed by atoms with Gasteiger partial charge < -0.3 is 0 Å². The van der Waals surface area contributed by atoms with Crippen LogP contribution in [0.1, 0.15) is 119 Å². The minimum Gasteiger partial charge on any atom is -0.278 e.